The van der Waals surface area contributed by atoms with Crippen molar-refractivity contribution in [2.45, 2.75) is 219 Å². The maximum atomic E-state index is 12.8. The normalized spacial score (nSPS) is 13.0. The Bertz CT molecular complexity index is 1330. The summed E-state index contributed by atoms with van der Waals surface area (Å²) in [4.78, 5) is 38.0. The van der Waals surface area contributed by atoms with Gasteiger partial charge in [0.15, 0.2) is 6.10 Å². The minimum absolute atomic E-state index is 0.0966. The van der Waals surface area contributed by atoms with Crippen molar-refractivity contribution >= 4 is 17.9 Å². The smallest absolute Gasteiger partial charge is 0.306 e. The number of esters is 3. The Balaban J connectivity index is 4.50. The third-order valence-electron chi connectivity index (χ3n) is 10.5. The number of allylic oxidation sites excluding steroid dienone is 18. The molecule has 0 radical (unpaired) electrons. The van der Waals surface area contributed by atoms with Crippen molar-refractivity contribution < 1.29 is 28.6 Å². The van der Waals surface area contributed by atoms with Crippen LogP contribution in [0.15, 0.2) is 109 Å². The summed E-state index contributed by atoms with van der Waals surface area (Å²) in [5.41, 5.74) is 0. The number of unbranched alkanes of at least 4 members (excludes halogenated alkanes) is 21. The minimum atomic E-state index is -0.801. The van der Waals surface area contributed by atoms with E-state index in [1.807, 2.05) is 72.9 Å². The second-order valence-electron chi connectivity index (χ2n) is 16.5. The molecule has 0 bridgehead atoms. The van der Waals surface area contributed by atoms with E-state index in [0.717, 1.165) is 89.9 Å². The monoisotopic (exact) mass is 873 g/mol. The van der Waals surface area contributed by atoms with Gasteiger partial charge in [0.05, 0.1) is 0 Å². The van der Waals surface area contributed by atoms with Crippen molar-refractivity contribution in [1.29, 1.82) is 0 Å². The van der Waals surface area contributed by atoms with Crippen LogP contribution < -0.4 is 0 Å². The Kier molecular flexibility index (Phi) is 47.5. The molecule has 356 valence electrons. The highest BCUT2D eigenvalue weighted by molar-refractivity contribution is 5.71. The fourth-order valence-electron chi connectivity index (χ4n) is 6.70. The van der Waals surface area contributed by atoms with Gasteiger partial charge in [-0.15, -0.1) is 0 Å². The Morgan fingerprint density at radius 3 is 1.16 bits per heavy atom. The number of hydrogen-bond acceptors (Lipinski definition) is 6. The molecule has 0 aromatic heterocycles. The van der Waals surface area contributed by atoms with Crippen LogP contribution in [-0.2, 0) is 28.6 Å². The van der Waals surface area contributed by atoms with Crippen LogP contribution in [0.25, 0.3) is 0 Å². The zero-order valence-corrected chi connectivity index (χ0v) is 40.5. The lowest BCUT2D eigenvalue weighted by Crippen LogP contribution is -2.30. The zero-order chi connectivity index (χ0) is 45.8. The van der Waals surface area contributed by atoms with Gasteiger partial charge < -0.3 is 14.2 Å². The van der Waals surface area contributed by atoms with Crippen LogP contribution in [0.4, 0.5) is 0 Å². The highest BCUT2D eigenvalue weighted by atomic mass is 16.6. The van der Waals surface area contributed by atoms with Crippen LogP contribution >= 0.6 is 0 Å². The van der Waals surface area contributed by atoms with Gasteiger partial charge in [-0.25, -0.2) is 0 Å². The summed E-state index contributed by atoms with van der Waals surface area (Å²) in [6.07, 6.45) is 67.8. The molecular formula is C57H92O6. The van der Waals surface area contributed by atoms with E-state index in [-0.39, 0.29) is 31.1 Å². The van der Waals surface area contributed by atoms with Crippen LogP contribution in [0.1, 0.15) is 213 Å². The quantitative estimate of drug-likeness (QED) is 0.0199. The van der Waals surface area contributed by atoms with Gasteiger partial charge in [-0.1, -0.05) is 239 Å². The molecule has 0 aliphatic rings. The summed E-state index contributed by atoms with van der Waals surface area (Å²) < 4.78 is 16.7. The summed E-state index contributed by atoms with van der Waals surface area (Å²) in [5, 5.41) is 0. The van der Waals surface area contributed by atoms with Gasteiger partial charge in [0.2, 0.25) is 0 Å². The van der Waals surface area contributed by atoms with E-state index < -0.39 is 6.10 Å². The highest BCUT2D eigenvalue weighted by Crippen LogP contribution is 2.14. The summed E-state index contributed by atoms with van der Waals surface area (Å²) >= 11 is 0. The van der Waals surface area contributed by atoms with E-state index in [4.69, 9.17) is 14.2 Å². The largest absolute Gasteiger partial charge is 0.462 e. The number of rotatable bonds is 44. The van der Waals surface area contributed by atoms with Gasteiger partial charge in [0.25, 0.3) is 0 Å². The third kappa shape index (κ3) is 49.0. The predicted octanol–water partition coefficient (Wildman–Crippen LogP) is 16.8. The van der Waals surface area contributed by atoms with E-state index in [2.05, 4.69) is 57.2 Å². The van der Waals surface area contributed by atoms with Crippen molar-refractivity contribution in [3.63, 3.8) is 0 Å². The van der Waals surface area contributed by atoms with Crippen LogP contribution in [0, 0.1) is 0 Å². The third-order valence-corrected chi connectivity index (χ3v) is 10.5. The molecule has 0 aliphatic carbocycles. The molecule has 6 heteroatoms. The summed E-state index contributed by atoms with van der Waals surface area (Å²) in [6, 6.07) is 0. The van der Waals surface area contributed by atoms with E-state index >= 15 is 0 Å². The molecule has 0 rings (SSSR count). The highest BCUT2D eigenvalue weighted by Gasteiger charge is 2.19. The molecular weight excluding hydrogens is 781 g/mol. The molecule has 0 amide bonds. The molecule has 0 aromatic rings. The first kappa shape index (κ1) is 59.1. The minimum Gasteiger partial charge on any atom is -0.462 e. The van der Waals surface area contributed by atoms with Gasteiger partial charge in [-0.2, -0.15) is 0 Å². The second kappa shape index (κ2) is 50.7. The van der Waals surface area contributed by atoms with Crippen molar-refractivity contribution in [2.24, 2.45) is 0 Å². The second-order valence-corrected chi connectivity index (χ2v) is 16.5. The lowest BCUT2D eigenvalue weighted by atomic mass is 10.0. The molecule has 0 spiro atoms. The first-order chi connectivity index (χ1) is 31.0. The van der Waals surface area contributed by atoms with E-state index in [0.29, 0.717) is 19.3 Å². The molecule has 1 unspecified atom stereocenters. The first-order valence-corrected chi connectivity index (χ1v) is 25.5. The summed E-state index contributed by atoms with van der Waals surface area (Å²) in [5.74, 6) is -0.957. The topological polar surface area (TPSA) is 78.9 Å². The molecule has 0 saturated carbocycles. The van der Waals surface area contributed by atoms with Crippen LogP contribution in [0.3, 0.4) is 0 Å². The Labute approximate surface area is 387 Å². The van der Waals surface area contributed by atoms with Crippen LogP contribution in [-0.4, -0.2) is 37.2 Å². The Hall–Kier alpha value is -3.93. The molecule has 6 nitrogen and oxygen atoms in total. The first-order valence-electron chi connectivity index (χ1n) is 25.5. The van der Waals surface area contributed by atoms with Crippen molar-refractivity contribution in [3.8, 4) is 0 Å². The molecule has 0 saturated heterocycles. The predicted molar refractivity (Wildman–Crippen MR) is 270 cm³/mol. The molecule has 1 atom stereocenters. The van der Waals surface area contributed by atoms with E-state index in [1.54, 1.807) is 0 Å². The fourth-order valence-corrected chi connectivity index (χ4v) is 6.70. The maximum absolute atomic E-state index is 12.8. The molecule has 0 N–H and O–H groups in total. The maximum Gasteiger partial charge on any atom is 0.306 e. The lowest BCUT2D eigenvalue weighted by Gasteiger charge is -2.18. The van der Waals surface area contributed by atoms with Gasteiger partial charge in [-0.3, -0.25) is 14.4 Å². The van der Waals surface area contributed by atoms with E-state index in [9.17, 15) is 14.4 Å². The van der Waals surface area contributed by atoms with Gasteiger partial charge in [-0.05, 0) is 64.2 Å². The van der Waals surface area contributed by atoms with Crippen LogP contribution in [0.2, 0.25) is 0 Å². The number of carbonyl (C=O) groups is 3. The van der Waals surface area contributed by atoms with Crippen molar-refractivity contribution in [2.75, 3.05) is 13.2 Å². The van der Waals surface area contributed by atoms with Crippen molar-refractivity contribution in [1.82, 2.24) is 0 Å². The van der Waals surface area contributed by atoms with Gasteiger partial charge in [0.1, 0.15) is 13.2 Å². The molecule has 0 heterocycles. The lowest BCUT2D eigenvalue weighted by molar-refractivity contribution is -0.167. The Morgan fingerprint density at radius 2 is 0.698 bits per heavy atom. The average Bonchev–Trinajstić information content (AvgIpc) is 3.28. The Morgan fingerprint density at radius 1 is 0.349 bits per heavy atom. The fraction of sp³-hybridized carbons (Fsp3) is 0.632. The van der Waals surface area contributed by atoms with Crippen LogP contribution in [0.5, 0.6) is 0 Å². The van der Waals surface area contributed by atoms with E-state index in [1.165, 1.54) is 83.5 Å². The molecule has 63 heavy (non-hydrogen) atoms. The SMILES string of the molecule is CC\C=C/C=C\C=C/C=C\C=C\C=C/C=C\CCCCCC(=O)OCC(COC(=O)CCCCCCCCCCCCCC)OC(=O)CCCCCCCCC/C=C\C/C=C\CC. The molecule has 0 aliphatic heterocycles. The number of ether oxygens (including phenoxy) is 3. The number of carbonyl (C=O) groups excluding carboxylic acids is 3. The number of hydrogen-bond donors (Lipinski definition) is 0. The van der Waals surface area contributed by atoms with Gasteiger partial charge in [0, 0.05) is 19.3 Å². The summed E-state index contributed by atoms with van der Waals surface area (Å²) in [7, 11) is 0. The molecule has 0 aromatic carbocycles. The summed E-state index contributed by atoms with van der Waals surface area (Å²) in [6.45, 7) is 6.32. The molecule has 0 fully saturated rings. The zero-order valence-electron chi connectivity index (χ0n) is 40.5. The average molecular weight is 873 g/mol. The standard InChI is InChI=1S/C57H92O6/c1-4-7-10-13-16-19-22-25-27-28-29-30-31-33-35-38-41-44-47-50-56(59)62-53-54(52-61-55(58)49-46-43-40-37-34-24-21-18-15-12-9-6-3)63-57(60)51-48-45-42-39-36-32-26-23-20-17-14-11-8-5-2/h7-8,10-11,13,16-17,19-20,22,25,27-31,33,35,54H,4-6,9,12,14-15,18,21,23-24,26,32,34,36-53H2,1-3H3/b10-7-,11-8-,16-13-,20-17-,22-19-,27-25-,29-28+,31-30-,35-33-. The van der Waals surface area contributed by atoms with Gasteiger partial charge >= 0.3 is 17.9 Å². The van der Waals surface area contributed by atoms with Crippen molar-refractivity contribution in [3.05, 3.63) is 109 Å².